The topological polar surface area (TPSA) is 63.6 Å². The summed E-state index contributed by atoms with van der Waals surface area (Å²) in [4.78, 5) is 0. The minimum atomic E-state index is -3.13. The summed E-state index contributed by atoms with van der Waals surface area (Å²) in [6.45, 7) is -0.393. The lowest BCUT2D eigenvalue weighted by atomic mass is 10.2. The van der Waals surface area contributed by atoms with Crippen LogP contribution in [0.15, 0.2) is 18.2 Å². The van der Waals surface area contributed by atoms with Crippen LogP contribution in [0, 0.1) is 17.7 Å². The summed E-state index contributed by atoms with van der Waals surface area (Å²) in [6.07, 6.45) is 1.09. The molecule has 0 heterocycles. The van der Waals surface area contributed by atoms with Crippen LogP contribution >= 0.6 is 0 Å². The van der Waals surface area contributed by atoms with Gasteiger partial charge in [-0.25, -0.2) is 12.8 Å². The Morgan fingerprint density at radius 1 is 1.44 bits per heavy atom. The number of ether oxygens (including phenoxy) is 1. The third-order valence-corrected chi connectivity index (χ3v) is 2.87. The second-order valence-electron chi connectivity index (χ2n) is 3.58. The van der Waals surface area contributed by atoms with E-state index in [4.69, 9.17) is 9.84 Å². The summed E-state index contributed by atoms with van der Waals surface area (Å²) in [5, 5.41) is 8.59. The molecule has 0 bridgehead atoms. The first kappa shape index (κ1) is 14.5. The summed E-state index contributed by atoms with van der Waals surface area (Å²) in [5.74, 6) is 4.52. The first-order valence-corrected chi connectivity index (χ1v) is 7.18. The van der Waals surface area contributed by atoms with Gasteiger partial charge in [-0.05, 0) is 12.1 Å². The largest absolute Gasteiger partial charge is 0.491 e. The molecule has 4 nitrogen and oxygen atoms in total. The molecule has 1 aromatic rings. The van der Waals surface area contributed by atoms with Gasteiger partial charge in [0.25, 0.3) is 0 Å². The molecule has 0 fully saturated rings. The maximum Gasteiger partial charge on any atom is 0.150 e. The summed E-state index contributed by atoms with van der Waals surface area (Å²) in [6, 6.07) is 3.75. The Kier molecular flexibility index (Phi) is 5.13. The highest BCUT2D eigenvalue weighted by Crippen LogP contribution is 2.19. The summed E-state index contributed by atoms with van der Waals surface area (Å²) < 4.78 is 40.1. The SMILES string of the molecule is CS(=O)(=O)CCOc1cc(F)ccc1C#CCO. The van der Waals surface area contributed by atoms with Crippen molar-refractivity contribution in [2.45, 2.75) is 0 Å². The lowest BCUT2D eigenvalue weighted by Crippen LogP contribution is -2.12. The number of halogens is 1. The van der Waals surface area contributed by atoms with E-state index in [0.717, 1.165) is 12.3 Å². The van der Waals surface area contributed by atoms with Gasteiger partial charge in [0.15, 0.2) is 9.84 Å². The predicted molar refractivity (Wildman–Crippen MR) is 65.6 cm³/mol. The van der Waals surface area contributed by atoms with E-state index < -0.39 is 15.7 Å². The van der Waals surface area contributed by atoms with Gasteiger partial charge in [-0.3, -0.25) is 0 Å². The monoisotopic (exact) mass is 272 g/mol. The van der Waals surface area contributed by atoms with Crippen LogP contribution < -0.4 is 4.74 Å². The Bertz CT molecular complexity index is 569. The first-order chi connectivity index (χ1) is 8.42. The Morgan fingerprint density at radius 3 is 2.78 bits per heavy atom. The van der Waals surface area contributed by atoms with E-state index in [-0.39, 0.29) is 24.7 Å². The van der Waals surface area contributed by atoms with E-state index in [0.29, 0.717) is 5.56 Å². The molecule has 0 radical (unpaired) electrons. The fourth-order valence-corrected chi connectivity index (χ4v) is 1.54. The van der Waals surface area contributed by atoms with Gasteiger partial charge < -0.3 is 9.84 Å². The van der Waals surface area contributed by atoms with Gasteiger partial charge in [0.1, 0.15) is 24.8 Å². The number of sulfone groups is 1. The van der Waals surface area contributed by atoms with E-state index >= 15 is 0 Å². The Balaban J connectivity index is 2.82. The van der Waals surface area contributed by atoms with Gasteiger partial charge in [0, 0.05) is 12.3 Å². The molecule has 0 amide bonds. The molecule has 98 valence electrons. The fraction of sp³-hybridized carbons (Fsp3) is 0.333. The first-order valence-electron chi connectivity index (χ1n) is 5.12. The summed E-state index contributed by atoms with van der Waals surface area (Å²) in [5.41, 5.74) is 0.402. The minimum Gasteiger partial charge on any atom is -0.491 e. The molecule has 0 aromatic heterocycles. The van der Waals surface area contributed by atoms with Crippen molar-refractivity contribution in [3.63, 3.8) is 0 Å². The van der Waals surface area contributed by atoms with E-state index in [1.807, 2.05) is 0 Å². The molecule has 0 aliphatic rings. The van der Waals surface area contributed by atoms with Gasteiger partial charge in [-0.15, -0.1) is 0 Å². The van der Waals surface area contributed by atoms with Crippen molar-refractivity contribution < 1.29 is 22.7 Å². The zero-order valence-corrected chi connectivity index (χ0v) is 10.6. The number of aliphatic hydroxyl groups is 1. The number of hydrogen-bond acceptors (Lipinski definition) is 4. The zero-order chi connectivity index (χ0) is 13.6. The second kappa shape index (κ2) is 6.38. The van der Waals surface area contributed by atoms with Crippen LogP contribution in [0.5, 0.6) is 5.75 Å². The second-order valence-corrected chi connectivity index (χ2v) is 5.84. The quantitative estimate of drug-likeness (QED) is 0.815. The van der Waals surface area contributed by atoms with Crippen molar-refractivity contribution in [1.29, 1.82) is 0 Å². The molecular weight excluding hydrogens is 259 g/mol. The van der Waals surface area contributed by atoms with Crippen LogP contribution in [0.1, 0.15) is 5.56 Å². The molecule has 1 aromatic carbocycles. The number of aliphatic hydroxyl groups excluding tert-OH is 1. The lowest BCUT2D eigenvalue weighted by molar-refractivity contribution is 0.338. The van der Waals surface area contributed by atoms with Crippen LogP contribution in [-0.2, 0) is 9.84 Å². The normalized spacial score (nSPS) is 10.6. The highest BCUT2D eigenvalue weighted by Gasteiger charge is 2.06. The molecule has 0 atom stereocenters. The molecule has 1 rings (SSSR count). The highest BCUT2D eigenvalue weighted by atomic mass is 32.2. The molecule has 6 heteroatoms. The maximum absolute atomic E-state index is 13.0. The third-order valence-electron chi connectivity index (χ3n) is 1.96. The number of benzene rings is 1. The van der Waals surface area contributed by atoms with Crippen LogP contribution in [-0.4, -0.2) is 38.7 Å². The van der Waals surface area contributed by atoms with Crippen molar-refractivity contribution in [3.8, 4) is 17.6 Å². The molecule has 18 heavy (non-hydrogen) atoms. The summed E-state index contributed by atoms with van der Waals surface area (Å²) >= 11 is 0. The van der Waals surface area contributed by atoms with Crippen LogP contribution in [0.25, 0.3) is 0 Å². The molecule has 1 N–H and O–H groups in total. The maximum atomic E-state index is 13.0. The molecular formula is C12H13FO4S. The Hall–Kier alpha value is -1.58. The number of hydrogen-bond donors (Lipinski definition) is 1. The van der Waals surface area contributed by atoms with Gasteiger partial charge in [0.05, 0.1) is 11.3 Å². The number of rotatable bonds is 4. The van der Waals surface area contributed by atoms with Crippen LogP contribution in [0.4, 0.5) is 4.39 Å². The molecule has 0 saturated heterocycles. The highest BCUT2D eigenvalue weighted by molar-refractivity contribution is 7.90. The smallest absolute Gasteiger partial charge is 0.150 e. The van der Waals surface area contributed by atoms with Gasteiger partial charge >= 0.3 is 0 Å². The lowest BCUT2D eigenvalue weighted by Gasteiger charge is -2.07. The Morgan fingerprint density at radius 2 is 2.17 bits per heavy atom. The third kappa shape index (κ3) is 5.17. The van der Waals surface area contributed by atoms with Crippen LogP contribution in [0.2, 0.25) is 0 Å². The van der Waals surface area contributed by atoms with Crippen molar-refractivity contribution in [3.05, 3.63) is 29.6 Å². The standard InChI is InChI=1S/C12H13FO4S/c1-18(15,16)8-7-17-12-9-11(13)5-4-10(12)3-2-6-14/h4-5,9,14H,6-8H2,1H3. The van der Waals surface area contributed by atoms with Gasteiger partial charge in [-0.1, -0.05) is 11.8 Å². The average molecular weight is 272 g/mol. The molecule has 0 saturated carbocycles. The van der Waals surface area contributed by atoms with Crippen molar-refractivity contribution in [2.75, 3.05) is 25.2 Å². The molecule has 0 unspecified atom stereocenters. The van der Waals surface area contributed by atoms with Crippen molar-refractivity contribution in [2.24, 2.45) is 0 Å². The predicted octanol–water partition coefficient (Wildman–Crippen LogP) is 0.593. The van der Waals surface area contributed by atoms with E-state index in [1.165, 1.54) is 12.1 Å². The van der Waals surface area contributed by atoms with Crippen LogP contribution in [0.3, 0.4) is 0 Å². The molecule has 0 aliphatic heterocycles. The minimum absolute atomic E-state index is 0.0733. The molecule has 0 aliphatic carbocycles. The van der Waals surface area contributed by atoms with E-state index in [1.54, 1.807) is 0 Å². The average Bonchev–Trinajstić information content (AvgIpc) is 2.26. The summed E-state index contributed by atoms with van der Waals surface area (Å²) in [7, 11) is -3.13. The van der Waals surface area contributed by atoms with Crippen molar-refractivity contribution >= 4 is 9.84 Å². The van der Waals surface area contributed by atoms with Gasteiger partial charge in [-0.2, -0.15) is 0 Å². The van der Waals surface area contributed by atoms with E-state index in [2.05, 4.69) is 11.8 Å². The van der Waals surface area contributed by atoms with Gasteiger partial charge in [0.2, 0.25) is 0 Å². The van der Waals surface area contributed by atoms with E-state index in [9.17, 15) is 12.8 Å². The van der Waals surface area contributed by atoms with Crippen molar-refractivity contribution in [1.82, 2.24) is 0 Å². The fourth-order valence-electron chi connectivity index (χ4n) is 1.16. The Labute approximate surface area is 105 Å². The molecule has 0 spiro atoms. The zero-order valence-electron chi connectivity index (χ0n) is 9.81.